The summed E-state index contributed by atoms with van der Waals surface area (Å²) in [5.74, 6) is 0.421. The van der Waals surface area contributed by atoms with Gasteiger partial charge in [-0.2, -0.15) is 0 Å². The molecule has 0 radical (unpaired) electrons. The van der Waals surface area contributed by atoms with Gasteiger partial charge in [0.2, 0.25) is 0 Å². The van der Waals surface area contributed by atoms with Crippen LogP contribution in [0.5, 0.6) is 0 Å². The van der Waals surface area contributed by atoms with E-state index in [2.05, 4.69) is 106 Å². The first-order valence-corrected chi connectivity index (χ1v) is 9.87. The number of nitrogens with two attached hydrogens (primary N) is 1. The van der Waals surface area contributed by atoms with Gasteiger partial charge in [0, 0.05) is 62.5 Å². The molecule has 1 unspecified atom stereocenters. The molecule has 2 aromatic rings. The average molecular weight is 369 g/mol. The maximum atomic E-state index is 11.0. The van der Waals surface area contributed by atoms with Crippen LogP contribution in [0.3, 0.4) is 0 Å². The smallest absolute Gasteiger partial charge is 0.117 e. The van der Waals surface area contributed by atoms with Gasteiger partial charge in [0.1, 0.15) is 12.1 Å². The lowest BCUT2D eigenvalue weighted by Gasteiger charge is -2.41. The van der Waals surface area contributed by atoms with Crippen LogP contribution in [0.2, 0.25) is 0 Å². The van der Waals surface area contributed by atoms with E-state index in [1.807, 2.05) is 0 Å². The monoisotopic (exact) mass is 368 g/mol. The summed E-state index contributed by atoms with van der Waals surface area (Å²) in [4.78, 5) is 4.23. The molecule has 1 saturated heterocycles. The second-order valence-electron chi connectivity index (χ2n) is 8.42. The Balaban J connectivity index is 1.87. The van der Waals surface area contributed by atoms with Gasteiger partial charge in [-0.25, -0.2) is 0 Å². The predicted octanol–water partition coefficient (Wildman–Crippen LogP) is 2.81. The molecule has 0 bridgehead atoms. The Morgan fingerprint density at radius 1 is 0.667 bits per heavy atom. The van der Waals surface area contributed by atoms with Gasteiger partial charge in [-0.05, 0) is 24.3 Å². The molecule has 3 rings (SSSR count). The largest absolute Gasteiger partial charge is 0.392 e. The molecule has 1 fully saturated rings. The second-order valence-corrected chi connectivity index (χ2v) is 8.42. The molecule has 5 atom stereocenters. The van der Waals surface area contributed by atoms with Gasteiger partial charge in [0.05, 0.1) is 6.10 Å². The van der Waals surface area contributed by atoms with E-state index in [0.717, 1.165) is 0 Å². The maximum absolute atomic E-state index is 11.0. The van der Waals surface area contributed by atoms with Crippen LogP contribution in [0, 0.1) is 11.8 Å². The van der Waals surface area contributed by atoms with Crippen LogP contribution in [0.1, 0.15) is 37.1 Å². The van der Waals surface area contributed by atoms with Crippen LogP contribution in [0.25, 0.3) is 0 Å². The first-order chi connectivity index (χ1) is 12.8. The molecule has 4 heteroatoms. The lowest BCUT2D eigenvalue weighted by Crippen LogP contribution is -2.92. The molecule has 27 heavy (non-hydrogen) atoms. The minimum Gasteiger partial charge on any atom is -0.392 e. The normalized spacial score (nSPS) is 28.0. The Labute approximate surface area is 163 Å². The Morgan fingerprint density at radius 2 is 1.00 bits per heavy atom. The Hall–Kier alpha value is -2.04. The summed E-state index contributed by atoms with van der Waals surface area (Å²) in [6, 6.07) is 18.0. The zero-order valence-electron chi connectivity index (χ0n) is 17.4. The van der Waals surface area contributed by atoms with E-state index < -0.39 is 0 Å². The highest BCUT2D eigenvalue weighted by atomic mass is 16.3. The zero-order chi connectivity index (χ0) is 19.7. The molecular weight excluding hydrogens is 334 g/mol. The van der Waals surface area contributed by atoms with Gasteiger partial charge in [-0.3, -0.25) is 0 Å². The van der Waals surface area contributed by atoms with E-state index in [0.29, 0.717) is 0 Å². The maximum Gasteiger partial charge on any atom is 0.117 e. The minimum absolute atomic E-state index is 0.211. The number of aliphatic hydroxyl groups is 1. The van der Waals surface area contributed by atoms with Crippen LogP contribution in [-0.4, -0.2) is 39.4 Å². The highest BCUT2D eigenvalue weighted by molar-refractivity contribution is 5.47. The van der Waals surface area contributed by atoms with Crippen molar-refractivity contribution >= 4 is 11.4 Å². The summed E-state index contributed by atoms with van der Waals surface area (Å²) in [6.45, 7) is 4.35. The lowest BCUT2D eigenvalue weighted by molar-refractivity contribution is -0.760. The van der Waals surface area contributed by atoms with Gasteiger partial charge in [-0.15, -0.1) is 0 Å². The summed E-state index contributed by atoms with van der Waals surface area (Å²) in [5, 5.41) is 13.4. The fourth-order valence-electron chi connectivity index (χ4n) is 4.30. The van der Waals surface area contributed by atoms with Crippen molar-refractivity contribution in [2.24, 2.45) is 11.8 Å². The molecule has 0 aliphatic carbocycles. The molecule has 0 saturated carbocycles. The summed E-state index contributed by atoms with van der Waals surface area (Å²) in [7, 11) is 8.24. The van der Waals surface area contributed by atoms with Crippen molar-refractivity contribution in [2.45, 2.75) is 32.0 Å². The lowest BCUT2D eigenvalue weighted by atomic mass is 9.75. The van der Waals surface area contributed by atoms with Crippen molar-refractivity contribution < 1.29 is 10.4 Å². The van der Waals surface area contributed by atoms with Gasteiger partial charge in [0.25, 0.3) is 0 Å². The van der Waals surface area contributed by atoms with Crippen molar-refractivity contribution in [3.8, 4) is 0 Å². The number of piperidine rings is 1. The third-order valence-corrected chi connectivity index (χ3v) is 6.21. The van der Waals surface area contributed by atoms with E-state index in [4.69, 9.17) is 0 Å². The summed E-state index contributed by atoms with van der Waals surface area (Å²) in [5.41, 5.74) is 4.97. The molecule has 1 heterocycles. The van der Waals surface area contributed by atoms with Crippen LogP contribution in [-0.2, 0) is 0 Å². The van der Waals surface area contributed by atoms with Crippen molar-refractivity contribution in [1.29, 1.82) is 0 Å². The molecule has 1 aliphatic rings. The molecule has 2 aromatic carbocycles. The minimum atomic E-state index is -0.313. The SMILES string of the molecule is C[C@@H]1C(O)[C@H](C)[C@@H](c2ccc(N(C)C)cc2)[NH2+][C@@H]1c1ccc(N(C)C)cc1. The van der Waals surface area contributed by atoms with Gasteiger partial charge >= 0.3 is 0 Å². The third kappa shape index (κ3) is 3.97. The molecule has 0 aromatic heterocycles. The zero-order valence-corrected chi connectivity index (χ0v) is 17.4. The highest BCUT2D eigenvalue weighted by Crippen LogP contribution is 2.36. The topological polar surface area (TPSA) is 43.3 Å². The van der Waals surface area contributed by atoms with E-state index in [9.17, 15) is 5.11 Å². The second kappa shape index (κ2) is 7.91. The summed E-state index contributed by atoms with van der Waals surface area (Å²) < 4.78 is 0. The Bertz CT molecular complexity index is 676. The number of anilines is 2. The van der Waals surface area contributed by atoms with Crippen LogP contribution in [0.4, 0.5) is 11.4 Å². The number of aliphatic hydroxyl groups excluding tert-OH is 1. The van der Waals surface area contributed by atoms with Crippen LogP contribution >= 0.6 is 0 Å². The number of hydrogen-bond acceptors (Lipinski definition) is 3. The van der Waals surface area contributed by atoms with Gasteiger partial charge in [0.15, 0.2) is 0 Å². The van der Waals surface area contributed by atoms with Crippen LogP contribution in [0.15, 0.2) is 48.5 Å². The molecule has 4 nitrogen and oxygen atoms in total. The number of nitrogens with zero attached hydrogens (tertiary/aromatic N) is 2. The fourth-order valence-corrected chi connectivity index (χ4v) is 4.30. The first kappa shape index (κ1) is 19.7. The highest BCUT2D eigenvalue weighted by Gasteiger charge is 2.43. The summed E-state index contributed by atoms with van der Waals surface area (Å²) in [6.07, 6.45) is -0.313. The van der Waals surface area contributed by atoms with Crippen LogP contribution < -0.4 is 15.1 Å². The third-order valence-electron chi connectivity index (χ3n) is 6.21. The van der Waals surface area contributed by atoms with E-state index in [-0.39, 0.29) is 30.0 Å². The van der Waals surface area contributed by atoms with E-state index in [1.54, 1.807) is 0 Å². The quantitative estimate of drug-likeness (QED) is 0.872. The number of rotatable bonds is 4. The van der Waals surface area contributed by atoms with Gasteiger partial charge < -0.3 is 20.2 Å². The molecule has 0 spiro atoms. The first-order valence-electron chi connectivity index (χ1n) is 9.87. The van der Waals surface area contributed by atoms with Crippen molar-refractivity contribution in [2.75, 3.05) is 38.0 Å². The molecule has 0 amide bonds. The van der Waals surface area contributed by atoms with Crippen molar-refractivity contribution in [3.63, 3.8) is 0 Å². The molecular formula is C23H34N3O+. The summed E-state index contributed by atoms with van der Waals surface area (Å²) >= 11 is 0. The van der Waals surface area contributed by atoms with Gasteiger partial charge in [-0.1, -0.05) is 38.1 Å². The standard InChI is InChI=1S/C23H33N3O/c1-15-21(17-7-11-19(12-8-17)25(3)4)24-22(16(2)23(15)27)18-9-13-20(14-10-18)26(5)6/h7-16,21-24,27H,1-6H3/p+1/t15-,16+,21-,22-,23?/m0/s1. The molecule has 3 N–H and O–H groups in total. The Kier molecular flexibility index (Phi) is 5.78. The number of quaternary nitrogens is 1. The number of hydrogen-bond donors (Lipinski definition) is 2. The van der Waals surface area contributed by atoms with Crippen molar-refractivity contribution in [1.82, 2.24) is 0 Å². The number of benzene rings is 2. The molecule has 146 valence electrons. The van der Waals surface area contributed by atoms with E-state index >= 15 is 0 Å². The fraction of sp³-hybridized carbons (Fsp3) is 0.478. The average Bonchev–Trinajstić information content (AvgIpc) is 2.66. The molecule has 1 aliphatic heterocycles. The Morgan fingerprint density at radius 3 is 1.30 bits per heavy atom. The van der Waals surface area contributed by atoms with E-state index in [1.165, 1.54) is 22.5 Å². The predicted molar refractivity (Wildman–Crippen MR) is 113 cm³/mol. The van der Waals surface area contributed by atoms with Crippen molar-refractivity contribution in [3.05, 3.63) is 59.7 Å².